The van der Waals surface area contributed by atoms with E-state index in [4.69, 9.17) is 4.74 Å². The molecule has 0 aliphatic rings. The van der Waals surface area contributed by atoms with Crippen LogP contribution < -0.4 is 0 Å². The van der Waals surface area contributed by atoms with Gasteiger partial charge < -0.3 is 4.74 Å². The van der Waals surface area contributed by atoms with E-state index in [1.165, 1.54) is 0 Å². The third kappa shape index (κ3) is 6.76. The Morgan fingerprint density at radius 3 is 2.29 bits per heavy atom. The number of carbonyl (C=O) groups excluding carboxylic acids is 2. The molecule has 0 spiro atoms. The Morgan fingerprint density at radius 1 is 1.00 bits per heavy atom. The Bertz CT molecular complexity index is 463. The molecule has 0 N–H and O–H groups in total. The maximum atomic E-state index is 11.7. The smallest absolute Gasteiger partial charge is 0.432 e. The fourth-order valence-corrected chi connectivity index (χ4v) is 1.75. The van der Waals surface area contributed by atoms with Gasteiger partial charge in [-0.05, 0) is 32.4 Å². The van der Waals surface area contributed by atoms with Crippen molar-refractivity contribution in [2.24, 2.45) is 0 Å². The molecule has 116 valence electrons. The molecule has 0 unspecified atom stereocenters. The molecule has 6 nitrogen and oxygen atoms in total. The molecule has 0 amide bonds. The van der Waals surface area contributed by atoms with Crippen LogP contribution in [0.3, 0.4) is 0 Å². The van der Waals surface area contributed by atoms with E-state index in [0.717, 1.165) is 30.4 Å². The molecule has 0 atom stereocenters. The van der Waals surface area contributed by atoms with Gasteiger partial charge in [-0.1, -0.05) is 37.0 Å². The van der Waals surface area contributed by atoms with Crippen LogP contribution in [0.1, 0.15) is 47.7 Å². The van der Waals surface area contributed by atoms with Crippen LogP contribution in [-0.4, -0.2) is 18.7 Å². The minimum absolute atomic E-state index is 0.237. The lowest BCUT2D eigenvalue weighted by molar-refractivity contribution is -0.452. The first-order chi connectivity index (χ1) is 10.0. The number of carbonyl (C=O) groups is 2. The van der Waals surface area contributed by atoms with E-state index in [0.29, 0.717) is 5.56 Å². The van der Waals surface area contributed by atoms with Crippen molar-refractivity contribution in [3.8, 4) is 0 Å². The van der Waals surface area contributed by atoms with E-state index in [9.17, 15) is 9.59 Å². The highest BCUT2D eigenvalue weighted by atomic mass is 17.5. The zero-order valence-electron chi connectivity index (χ0n) is 12.5. The Morgan fingerprint density at radius 2 is 1.67 bits per heavy atom. The molecule has 21 heavy (non-hydrogen) atoms. The van der Waals surface area contributed by atoms with Gasteiger partial charge in [-0.25, -0.2) is 14.5 Å². The van der Waals surface area contributed by atoms with Crippen LogP contribution in [0.4, 0.5) is 4.79 Å². The monoisotopic (exact) mass is 296 g/mol. The fourth-order valence-electron chi connectivity index (χ4n) is 1.75. The topological polar surface area (TPSA) is 71.1 Å². The summed E-state index contributed by atoms with van der Waals surface area (Å²) < 4.78 is 4.69. The van der Waals surface area contributed by atoms with Crippen LogP contribution >= 0.6 is 0 Å². The second-order valence-electron chi connectivity index (χ2n) is 4.70. The van der Waals surface area contributed by atoms with Crippen molar-refractivity contribution in [1.29, 1.82) is 0 Å². The molecule has 0 radical (unpaired) electrons. The maximum Gasteiger partial charge on any atom is 0.543 e. The van der Waals surface area contributed by atoms with E-state index < -0.39 is 12.1 Å². The number of aryl methyl sites for hydroxylation is 2. The lowest BCUT2D eigenvalue weighted by Crippen LogP contribution is -2.13. The van der Waals surface area contributed by atoms with Crippen LogP contribution in [0.15, 0.2) is 18.2 Å². The lowest BCUT2D eigenvalue weighted by Gasteiger charge is -2.05. The average Bonchev–Trinajstić information content (AvgIpc) is 2.42. The third-order valence-corrected chi connectivity index (χ3v) is 2.64. The second-order valence-corrected chi connectivity index (χ2v) is 4.70. The van der Waals surface area contributed by atoms with Gasteiger partial charge in [0.25, 0.3) is 0 Å². The molecule has 0 fully saturated rings. The standard InChI is InChI=1S/C15H20O6/c1-4-5-6-7-18-15(17)20-21-19-14(16)13-9-11(2)8-12(3)10-13/h8-10H,4-7H2,1-3H3. The summed E-state index contributed by atoms with van der Waals surface area (Å²) in [4.78, 5) is 31.3. The zero-order chi connectivity index (χ0) is 15.7. The van der Waals surface area contributed by atoms with Gasteiger partial charge in [0.05, 0.1) is 17.2 Å². The Kier molecular flexibility index (Phi) is 7.25. The molecule has 0 heterocycles. The Balaban J connectivity index is 2.28. The summed E-state index contributed by atoms with van der Waals surface area (Å²) in [6.07, 6.45) is 1.67. The summed E-state index contributed by atoms with van der Waals surface area (Å²) in [5.74, 6) is -0.749. The quantitative estimate of drug-likeness (QED) is 0.331. The van der Waals surface area contributed by atoms with Crippen molar-refractivity contribution in [1.82, 2.24) is 0 Å². The van der Waals surface area contributed by atoms with E-state index in [1.54, 1.807) is 12.1 Å². The average molecular weight is 296 g/mol. The zero-order valence-corrected chi connectivity index (χ0v) is 12.5. The molecule has 0 aromatic heterocycles. The minimum Gasteiger partial charge on any atom is -0.432 e. The van der Waals surface area contributed by atoms with Gasteiger partial charge in [0.2, 0.25) is 0 Å². The van der Waals surface area contributed by atoms with Gasteiger partial charge in [-0.15, -0.1) is 0 Å². The molecule has 0 saturated heterocycles. The molecular weight excluding hydrogens is 276 g/mol. The highest BCUT2D eigenvalue weighted by Gasteiger charge is 2.12. The van der Waals surface area contributed by atoms with Crippen molar-refractivity contribution in [3.63, 3.8) is 0 Å². The van der Waals surface area contributed by atoms with E-state index in [-0.39, 0.29) is 6.61 Å². The second kappa shape index (κ2) is 8.97. The number of rotatable bonds is 7. The third-order valence-electron chi connectivity index (χ3n) is 2.64. The minimum atomic E-state index is -1.04. The summed E-state index contributed by atoms with van der Waals surface area (Å²) in [7, 11) is 0. The highest BCUT2D eigenvalue weighted by molar-refractivity contribution is 5.89. The van der Waals surface area contributed by atoms with Gasteiger partial charge in [0.15, 0.2) is 0 Å². The first-order valence-electron chi connectivity index (χ1n) is 6.83. The fraction of sp³-hybridized carbons (Fsp3) is 0.467. The summed E-state index contributed by atoms with van der Waals surface area (Å²) in [5, 5.41) is 4.12. The van der Waals surface area contributed by atoms with Gasteiger partial charge in [0, 0.05) is 0 Å². The summed E-state index contributed by atoms with van der Waals surface area (Å²) in [6, 6.07) is 5.20. The Labute approximate surface area is 123 Å². The molecule has 0 bridgehead atoms. The largest absolute Gasteiger partial charge is 0.543 e. The molecule has 6 heteroatoms. The summed E-state index contributed by atoms with van der Waals surface area (Å²) in [6.45, 7) is 5.98. The van der Waals surface area contributed by atoms with Gasteiger partial charge in [-0.2, -0.15) is 0 Å². The number of hydrogen-bond acceptors (Lipinski definition) is 6. The Hall–Kier alpha value is -2.08. The maximum absolute atomic E-state index is 11.7. The van der Waals surface area contributed by atoms with E-state index >= 15 is 0 Å². The SMILES string of the molecule is CCCCCOC(=O)OOOC(=O)c1cc(C)cc(C)c1. The molecular formula is C15H20O6. The van der Waals surface area contributed by atoms with Crippen molar-refractivity contribution in [2.75, 3.05) is 6.61 Å². The van der Waals surface area contributed by atoms with Crippen molar-refractivity contribution < 1.29 is 29.1 Å². The van der Waals surface area contributed by atoms with Crippen LogP contribution in [0, 0.1) is 13.8 Å². The van der Waals surface area contributed by atoms with Gasteiger partial charge in [-0.3, -0.25) is 4.89 Å². The molecule has 0 aliphatic carbocycles. The molecule has 0 saturated carbocycles. The molecule has 1 aromatic carbocycles. The number of benzene rings is 1. The number of ether oxygens (including phenoxy) is 1. The first kappa shape index (κ1) is 17.0. The van der Waals surface area contributed by atoms with Crippen LogP contribution in [0.25, 0.3) is 0 Å². The number of unbranched alkanes of at least 4 members (excludes halogenated alkanes) is 2. The highest BCUT2D eigenvalue weighted by Crippen LogP contribution is 2.10. The molecule has 0 aliphatic heterocycles. The molecule has 1 aromatic rings. The predicted octanol–water partition coefficient (Wildman–Crippen LogP) is 3.65. The van der Waals surface area contributed by atoms with Crippen molar-refractivity contribution in [3.05, 3.63) is 34.9 Å². The van der Waals surface area contributed by atoms with E-state index in [2.05, 4.69) is 14.8 Å². The van der Waals surface area contributed by atoms with Crippen LogP contribution in [-0.2, 0) is 19.6 Å². The summed E-state index contributed by atoms with van der Waals surface area (Å²) >= 11 is 0. The molecule has 1 rings (SSSR count). The van der Waals surface area contributed by atoms with Gasteiger partial charge in [0.1, 0.15) is 0 Å². The van der Waals surface area contributed by atoms with E-state index in [1.807, 2.05) is 26.8 Å². The van der Waals surface area contributed by atoms with Crippen molar-refractivity contribution >= 4 is 12.1 Å². The predicted molar refractivity (Wildman–Crippen MR) is 74.4 cm³/mol. The first-order valence-corrected chi connectivity index (χ1v) is 6.83. The van der Waals surface area contributed by atoms with Crippen LogP contribution in [0.2, 0.25) is 0 Å². The summed E-state index contributed by atoms with van der Waals surface area (Å²) in [5.41, 5.74) is 2.14. The normalized spacial score (nSPS) is 10.0. The lowest BCUT2D eigenvalue weighted by atomic mass is 10.1. The van der Waals surface area contributed by atoms with Crippen molar-refractivity contribution in [2.45, 2.75) is 40.0 Å². The van der Waals surface area contributed by atoms with Gasteiger partial charge >= 0.3 is 12.1 Å². The van der Waals surface area contributed by atoms with Crippen LogP contribution in [0.5, 0.6) is 0 Å². The number of hydrogen-bond donors (Lipinski definition) is 0.